The number of aromatic nitrogens is 1. The first kappa shape index (κ1) is 13.7. The number of nitrogens with zero attached hydrogens (tertiary/aromatic N) is 1. The molecule has 5 nitrogen and oxygen atoms in total. The topological polar surface area (TPSA) is 63.2 Å². The molecule has 1 amide bonds. The standard InChI is InChI=1S/C16H17N3O2S/c20-16(19-13-8-10-3-4-12(13)18-10)14-5-6-15(22-14)21-11-2-1-7-17-9-11/h1-2,5-7,9-10,12-13,18H,3-4,8H2,(H,19,20). The normalized spacial score (nSPS) is 26.1. The third-order valence-electron chi connectivity index (χ3n) is 4.27. The van der Waals surface area contributed by atoms with Crippen molar-refractivity contribution in [1.29, 1.82) is 0 Å². The molecular formula is C16H17N3O2S. The van der Waals surface area contributed by atoms with E-state index in [0.29, 0.717) is 27.8 Å². The monoisotopic (exact) mass is 315 g/mol. The van der Waals surface area contributed by atoms with Crippen LogP contribution in [-0.4, -0.2) is 29.0 Å². The van der Waals surface area contributed by atoms with Crippen molar-refractivity contribution in [3.05, 3.63) is 41.5 Å². The van der Waals surface area contributed by atoms with Gasteiger partial charge in [-0.1, -0.05) is 11.3 Å². The first-order valence-corrected chi connectivity index (χ1v) is 8.34. The minimum atomic E-state index is -0.00890. The Balaban J connectivity index is 1.39. The quantitative estimate of drug-likeness (QED) is 0.910. The van der Waals surface area contributed by atoms with E-state index in [-0.39, 0.29) is 11.9 Å². The number of thiophene rings is 1. The van der Waals surface area contributed by atoms with Crippen molar-refractivity contribution in [2.45, 2.75) is 37.4 Å². The van der Waals surface area contributed by atoms with Crippen LogP contribution in [0, 0.1) is 0 Å². The average Bonchev–Trinajstić information content (AvgIpc) is 3.24. The molecule has 0 aromatic carbocycles. The SMILES string of the molecule is O=C(NC1CC2CCC1N2)c1ccc(Oc2cccnc2)s1. The summed E-state index contributed by atoms with van der Waals surface area (Å²) in [4.78, 5) is 17.0. The van der Waals surface area contributed by atoms with Crippen LogP contribution in [0.3, 0.4) is 0 Å². The van der Waals surface area contributed by atoms with E-state index in [9.17, 15) is 4.79 Å². The van der Waals surface area contributed by atoms with Crippen LogP contribution in [0.5, 0.6) is 10.8 Å². The third kappa shape index (κ3) is 2.71. The van der Waals surface area contributed by atoms with Crippen molar-refractivity contribution in [3.63, 3.8) is 0 Å². The Morgan fingerprint density at radius 3 is 3.05 bits per heavy atom. The zero-order valence-corrected chi connectivity index (χ0v) is 12.8. The molecule has 2 fully saturated rings. The van der Waals surface area contributed by atoms with E-state index in [1.165, 1.54) is 17.8 Å². The van der Waals surface area contributed by atoms with Crippen LogP contribution in [0.2, 0.25) is 0 Å². The molecule has 3 unspecified atom stereocenters. The molecule has 2 saturated heterocycles. The maximum atomic E-state index is 12.3. The van der Waals surface area contributed by atoms with Gasteiger partial charge in [0.1, 0.15) is 5.75 Å². The highest BCUT2D eigenvalue weighted by molar-refractivity contribution is 7.15. The van der Waals surface area contributed by atoms with Crippen LogP contribution in [0.4, 0.5) is 0 Å². The molecule has 0 spiro atoms. The zero-order valence-electron chi connectivity index (χ0n) is 12.0. The van der Waals surface area contributed by atoms with Crippen LogP contribution in [0.25, 0.3) is 0 Å². The van der Waals surface area contributed by atoms with Gasteiger partial charge in [-0.3, -0.25) is 9.78 Å². The molecule has 6 heteroatoms. The molecule has 4 heterocycles. The van der Waals surface area contributed by atoms with Crippen LogP contribution in [0.15, 0.2) is 36.7 Å². The number of hydrogen-bond acceptors (Lipinski definition) is 5. The summed E-state index contributed by atoms with van der Waals surface area (Å²) in [6.45, 7) is 0. The highest BCUT2D eigenvalue weighted by Gasteiger charge is 2.39. The summed E-state index contributed by atoms with van der Waals surface area (Å²) in [5, 5.41) is 7.37. The van der Waals surface area contributed by atoms with Gasteiger partial charge in [-0.2, -0.15) is 0 Å². The fraction of sp³-hybridized carbons (Fsp3) is 0.375. The summed E-state index contributed by atoms with van der Waals surface area (Å²) < 4.78 is 5.69. The average molecular weight is 315 g/mol. The van der Waals surface area contributed by atoms with Crippen molar-refractivity contribution in [3.8, 4) is 10.8 Å². The zero-order chi connectivity index (χ0) is 14.9. The van der Waals surface area contributed by atoms with Gasteiger partial charge >= 0.3 is 0 Å². The fourth-order valence-corrected chi connectivity index (χ4v) is 4.02. The number of hydrogen-bond donors (Lipinski definition) is 2. The van der Waals surface area contributed by atoms with E-state index < -0.39 is 0 Å². The van der Waals surface area contributed by atoms with Crippen molar-refractivity contribution < 1.29 is 9.53 Å². The van der Waals surface area contributed by atoms with Gasteiger partial charge < -0.3 is 15.4 Å². The summed E-state index contributed by atoms with van der Waals surface area (Å²) in [6, 6.07) is 8.59. The summed E-state index contributed by atoms with van der Waals surface area (Å²) >= 11 is 1.36. The first-order valence-electron chi connectivity index (χ1n) is 7.52. The lowest BCUT2D eigenvalue weighted by molar-refractivity contribution is 0.0935. The van der Waals surface area contributed by atoms with Crippen LogP contribution in [0.1, 0.15) is 28.9 Å². The molecule has 3 atom stereocenters. The molecule has 2 N–H and O–H groups in total. The Hall–Kier alpha value is -1.92. The second kappa shape index (κ2) is 5.70. The predicted octanol–water partition coefficient (Wildman–Crippen LogP) is 2.56. The first-order chi connectivity index (χ1) is 10.8. The highest BCUT2D eigenvalue weighted by atomic mass is 32.1. The van der Waals surface area contributed by atoms with Crippen molar-refractivity contribution >= 4 is 17.2 Å². The number of rotatable bonds is 4. The molecule has 0 radical (unpaired) electrons. The maximum Gasteiger partial charge on any atom is 0.261 e. The van der Waals surface area contributed by atoms with Gasteiger partial charge in [-0.25, -0.2) is 0 Å². The number of fused-ring (bicyclic) bond motifs is 2. The molecule has 2 aromatic heterocycles. The van der Waals surface area contributed by atoms with Gasteiger partial charge in [0.15, 0.2) is 5.06 Å². The highest BCUT2D eigenvalue weighted by Crippen LogP contribution is 2.31. The van der Waals surface area contributed by atoms with Crippen LogP contribution < -0.4 is 15.4 Å². The summed E-state index contributed by atoms with van der Waals surface area (Å²) in [7, 11) is 0. The lowest BCUT2D eigenvalue weighted by Crippen LogP contribution is -2.42. The second-order valence-electron chi connectivity index (χ2n) is 5.77. The summed E-state index contributed by atoms with van der Waals surface area (Å²) in [5.74, 6) is 0.666. The Kier molecular flexibility index (Phi) is 3.56. The summed E-state index contributed by atoms with van der Waals surface area (Å²) in [6.07, 6.45) is 6.79. The van der Waals surface area contributed by atoms with Gasteiger partial charge in [0.2, 0.25) is 0 Å². The third-order valence-corrected chi connectivity index (χ3v) is 5.24. The van der Waals surface area contributed by atoms with E-state index in [0.717, 1.165) is 12.8 Å². The molecule has 2 bridgehead atoms. The largest absolute Gasteiger partial charge is 0.445 e. The van der Waals surface area contributed by atoms with Gasteiger partial charge in [-0.15, -0.1) is 0 Å². The minimum absolute atomic E-state index is 0.00890. The van der Waals surface area contributed by atoms with E-state index in [4.69, 9.17) is 4.74 Å². The van der Waals surface area contributed by atoms with E-state index in [1.54, 1.807) is 12.4 Å². The maximum absolute atomic E-state index is 12.3. The Morgan fingerprint density at radius 1 is 1.36 bits per heavy atom. The summed E-state index contributed by atoms with van der Waals surface area (Å²) in [5.41, 5.74) is 0. The second-order valence-corrected chi connectivity index (χ2v) is 6.82. The van der Waals surface area contributed by atoms with Crippen molar-refractivity contribution in [2.75, 3.05) is 0 Å². The Bertz CT molecular complexity index is 673. The molecule has 114 valence electrons. The smallest absolute Gasteiger partial charge is 0.261 e. The van der Waals surface area contributed by atoms with Gasteiger partial charge in [0.05, 0.1) is 11.1 Å². The van der Waals surface area contributed by atoms with Gasteiger partial charge in [-0.05, 0) is 43.5 Å². The fourth-order valence-electron chi connectivity index (χ4n) is 3.24. The van der Waals surface area contributed by atoms with E-state index >= 15 is 0 Å². The number of nitrogens with one attached hydrogen (secondary N) is 2. The minimum Gasteiger partial charge on any atom is -0.445 e. The number of carbonyl (C=O) groups is 1. The number of amides is 1. The predicted molar refractivity (Wildman–Crippen MR) is 84.4 cm³/mol. The number of ether oxygens (including phenoxy) is 1. The van der Waals surface area contributed by atoms with Crippen LogP contribution >= 0.6 is 11.3 Å². The molecule has 2 aliphatic rings. The number of pyridine rings is 1. The lowest BCUT2D eigenvalue weighted by Gasteiger charge is -2.20. The van der Waals surface area contributed by atoms with Crippen LogP contribution in [-0.2, 0) is 0 Å². The Labute approximate surface area is 132 Å². The molecular weight excluding hydrogens is 298 g/mol. The Morgan fingerprint density at radius 2 is 2.32 bits per heavy atom. The van der Waals surface area contributed by atoms with Gasteiger partial charge in [0, 0.05) is 24.3 Å². The molecule has 22 heavy (non-hydrogen) atoms. The van der Waals surface area contributed by atoms with Gasteiger partial charge in [0.25, 0.3) is 5.91 Å². The van der Waals surface area contributed by atoms with E-state index in [1.807, 2.05) is 24.3 Å². The van der Waals surface area contributed by atoms with Crippen molar-refractivity contribution in [2.24, 2.45) is 0 Å². The lowest BCUT2D eigenvalue weighted by atomic mass is 9.95. The molecule has 4 rings (SSSR count). The molecule has 0 aliphatic carbocycles. The van der Waals surface area contributed by atoms with Crippen molar-refractivity contribution in [1.82, 2.24) is 15.6 Å². The molecule has 2 aliphatic heterocycles. The van der Waals surface area contributed by atoms with E-state index in [2.05, 4.69) is 15.6 Å². The number of carbonyl (C=O) groups excluding carboxylic acids is 1. The molecule has 2 aromatic rings. The molecule has 0 saturated carbocycles.